The van der Waals surface area contributed by atoms with Crippen LogP contribution in [-0.2, 0) is 9.59 Å². The summed E-state index contributed by atoms with van der Waals surface area (Å²) in [5.74, 6) is -1.10. The molecule has 21 heavy (non-hydrogen) atoms. The van der Waals surface area contributed by atoms with E-state index in [0.717, 1.165) is 24.8 Å². The Balaban J connectivity index is 2.34. The number of amides is 1. The van der Waals surface area contributed by atoms with Gasteiger partial charge in [-0.25, -0.2) is 0 Å². The van der Waals surface area contributed by atoms with Gasteiger partial charge in [-0.3, -0.25) is 9.59 Å². The maximum Gasteiger partial charge on any atom is 0.323 e. The van der Waals surface area contributed by atoms with E-state index in [1.54, 1.807) is 0 Å². The monoisotopic (exact) mass is 291 g/mol. The molecule has 0 radical (unpaired) electrons. The van der Waals surface area contributed by atoms with Gasteiger partial charge in [-0.2, -0.15) is 0 Å². The molecular weight excluding hydrogens is 266 g/mol. The molecule has 1 rings (SSSR count). The molecule has 0 atom stereocenters. The first-order valence-electron chi connectivity index (χ1n) is 7.39. The average Bonchev–Trinajstić information content (AvgIpc) is 2.70. The topological polar surface area (TPSA) is 57.6 Å². The second kappa shape index (κ2) is 8.45. The number of rotatable bonds is 8. The molecule has 4 nitrogen and oxygen atoms in total. The Kier molecular flexibility index (Phi) is 6.92. The highest BCUT2D eigenvalue weighted by Crippen LogP contribution is 2.17. The van der Waals surface area contributed by atoms with Crippen LogP contribution in [0.3, 0.4) is 0 Å². The normalized spacial score (nSPS) is 15.2. The van der Waals surface area contributed by atoms with E-state index in [2.05, 4.69) is 32.9 Å². The molecule has 0 bridgehead atoms. The van der Waals surface area contributed by atoms with Crippen LogP contribution in [0.15, 0.2) is 34.9 Å². The van der Waals surface area contributed by atoms with E-state index in [1.165, 1.54) is 16.0 Å². The minimum atomic E-state index is -0.965. The lowest BCUT2D eigenvalue weighted by Gasteiger charge is -2.13. The minimum Gasteiger partial charge on any atom is -0.480 e. The summed E-state index contributed by atoms with van der Waals surface area (Å²) in [5.41, 5.74) is 3.41. The van der Waals surface area contributed by atoms with Gasteiger partial charge in [0.2, 0.25) is 5.91 Å². The molecule has 0 fully saturated rings. The van der Waals surface area contributed by atoms with Crippen LogP contribution in [0.25, 0.3) is 0 Å². The molecule has 4 heteroatoms. The van der Waals surface area contributed by atoms with Gasteiger partial charge in [-0.05, 0) is 46.5 Å². The van der Waals surface area contributed by atoms with E-state index < -0.39 is 5.97 Å². The molecule has 0 unspecified atom stereocenters. The lowest BCUT2D eigenvalue weighted by molar-refractivity contribution is -0.142. The minimum absolute atomic E-state index is 0.131. The first-order chi connectivity index (χ1) is 9.90. The van der Waals surface area contributed by atoms with Gasteiger partial charge in [0.15, 0.2) is 0 Å². The first kappa shape index (κ1) is 17.2. The smallest absolute Gasteiger partial charge is 0.323 e. The van der Waals surface area contributed by atoms with Gasteiger partial charge in [0.25, 0.3) is 0 Å². The highest BCUT2D eigenvalue weighted by atomic mass is 16.4. The fourth-order valence-electron chi connectivity index (χ4n) is 2.27. The Hall–Kier alpha value is -1.84. The lowest BCUT2D eigenvalue weighted by Crippen LogP contribution is -2.32. The third kappa shape index (κ3) is 6.43. The van der Waals surface area contributed by atoms with Gasteiger partial charge in [0.1, 0.15) is 6.54 Å². The predicted octanol–water partition coefficient (Wildman–Crippen LogP) is 3.31. The van der Waals surface area contributed by atoms with Crippen molar-refractivity contribution < 1.29 is 14.7 Å². The zero-order valence-electron chi connectivity index (χ0n) is 13.2. The van der Waals surface area contributed by atoms with Gasteiger partial charge in [0, 0.05) is 12.1 Å². The second-order valence-corrected chi connectivity index (χ2v) is 5.72. The van der Waals surface area contributed by atoms with E-state index in [-0.39, 0.29) is 12.5 Å². The fraction of sp³-hybridized carbons (Fsp3) is 0.529. The third-order valence-corrected chi connectivity index (χ3v) is 3.44. The highest BCUT2D eigenvalue weighted by molar-refractivity contribution is 5.97. The van der Waals surface area contributed by atoms with Crippen molar-refractivity contribution >= 4 is 11.9 Å². The number of carbonyl (C=O) groups is 2. The summed E-state index contributed by atoms with van der Waals surface area (Å²) < 4.78 is 0. The summed E-state index contributed by atoms with van der Waals surface area (Å²) >= 11 is 0. The molecule has 0 spiro atoms. The van der Waals surface area contributed by atoms with Crippen LogP contribution in [0.2, 0.25) is 0 Å². The SMILES string of the molecule is CC(C)=CCCC(C)=CCCC1=CCN(CC(=O)O)C1=O. The molecule has 0 aromatic carbocycles. The van der Waals surface area contributed by atoms with Crippen LogP contribution >= 0.6 is 0 Å². The number of carboxylic acids is 1. The Morgan fingerprint density at radius 1 is 1.29 bits per heavy atom. The lowest BCUT2D eigenvalue weighted by atomic mass is 10.1. The zero-order valence-corrected chi connectivity index (χ0v) is 13.2. The van der Waals surface area contributed by atoms with E-state index in [0.29, 0.717) is 13.0 Å². The van der Waals surface area contributed by atoms with E-state index in [9.17, 15) is 9.59 Å². The predicted molar refractivity (Wildman–Crippen MR) is 84.0 cm³/mol. The molecule has 1 aliphatic heterocycles. The van der Waals surface area contributed by atoms with Crippen LogP contribution in [0.1, 0.15) is 46.5 Å². The van der Waals surface area contributed by atoms with Crippen LogP contribution in [0, 0.1) is 0 Å². The molecular formula is C17H25NO3. The molecule has 1 amide bonds. The van der Waals surface area contributed by atoms with Gasteiger partial charge in [0.05, 0.1) is 0 Å². The number of hydrogen-bond donors (Lipinski definition) is 1. The number of aliphatic carboxylic acids is 1. The number of allylic oxidation sites excluding steroid dienone is 4. The summed E-state index contributed by atoms with van der Waals surface area (Å²) in [7, 11) is 0. The van der Waals surface area contributed by atoms with Crippen molar-refractivity contribution in [3.05, 3.63) is 34.9 Å². The standard InChI is InChI=1S/C17H25NO3/c1-13(2)6-4-7-14(3)8-5-9-15-10-11-18(17(15)21)12-16(19)20/h6,8,10H,4-5,7,9,11-12H2,1-3H3,(H,19,20). The van der Waals surface area contributed by atoms with Crippen molar-refractivity contribution in [2.24, 2.45) is 0 Å². The highest BCUT2D eigenvalue weighted by Gasteiger charge is 2.24. The van der Waals surface area contributed by atoms with Crippen LogP contribution in [0.4, 0.5) is 0 Å². The molecule has 0 aromatic rings. The summed E-state index contributed by atoms with van der Waals surface area (Å²) in [6.45, 7) is 6.51. The van der Waals surface area contributed by atoms with E-state index >= 15 is 0 Å². The number of carboxylic acid groups (broad SMARTS) is 1. The summed E-state index contributed by atoms with van der Waals surface area (Å²) in [4.78, 5) is 23.9. The third-order valence-electron chi connectivity index (χ3n) is 3.44. The Morgan fingerprint density at radius 3 is 2.62 bits per heavy atom. The molecule has 0 saturated heterocycles. The summed E-state index contributed by atoms with van der Waals surface area (Å²) in [5, 5.41) is 8.72. The quantitative estimate of drug-likeness (QED) is 0.698. The Morgan fingerprint density at radius 2 is 2.00 bits per heavy atom. The van der Waals surface area contributed by atoms with Crippen LogP contribution in [0.5, 0.6) is 0 Å². The number of carbonyl (C=O) groups excluding carboxylic acids is 1. The molecule has 1 N–H and O–H groups in total. The van der Waals surface area contributed by atoms with Crippen LogP contribution < -0.4 is 0 Å². The van der Waals surface area contributed by atoms with E-state index in [4.69, 9.17) is 5.11 Å². The largest absolute Gasteiger partial charge is 0.480 e. The van der Waals surface area contributed by atoms with Crippen molar-refractivity contribution in [2.75, 3.05) is 13.1 Å². The van der Waals surface area contributed by atoms with Crippen LogP contribution in [-0.4, -0.2) is 35.0 Å². The Bertz CT molecular complexity index is 482. The number of nitrogens with zero attached hydrogens (tertiary/aromatic N) is 1. The summed E-state index contributed by atoms with van der Waals surface area (Å²) in [6, 6.07) is 0. The van der Waals surface area contributed by atoms with Gasteiger partial charge >= 0.3 is 5.97 Å². The molecule has 0 aromatic heterocycles. The van der Waals surface area contributed by atoms with Gasteiger partial charge < -0.3 is 10.0 Å². The maximum absolute atomic E-state index is 11.9. The van der Waals surface area contributed by atoms with Crippen molar-refractivity contribution in [1.29, 1.82) is 0 Å². The fourth-order valence-corrected chi connectivity index (χ4v) is 2.27. The molecule has 0 saturated carbocycles. The summed E-state index contributed by atoms with van der Waals surface area (Å²) in [6.07, 6.45) is 9.87. The van der Waals surface area contributed by atoms with Crippen molar-refractivity contribution in [3.63, 3.8) is 0 Å². The van der Waals surface area contributed by atoms with Crippen molar-refractivity contribution in [2.45, 2.75) is 46.5 Å². The average molecular weight is 291 g/mol. The van der Waals surface area contributed by atoms with Gasteiger partial charge in [-0.1, -0.05) is 29.4 Å². The second-order valence-electron chi connectivity index (χ2n) is 5.72. The van der Waals surface area contributed by atoms with Crippen molar-refractivity contribution in [3.8, 4) is 0 Å². The van der Waals surface area contributed by atoms with E-state index in [1.807, 2.05) is 6.08 Å². The molecule has 116 valence electrons. The molecule has 1 aliphatic rings. The Labute approximate surface area is 126 Å². The molecule has 1 heterocycles. The first-order valence-corrected chi connectivity index (χ1v) is 7.39. The maximum atomic E-state index is 11.9. The zero-order chi connectivity index (χ0) is 15.8. The molecule has 0 aliphatic carbocycles. The number of hydrogen-bond acceptors (Lipinski definition) is 2. The van der Waals surface area contributed by atoms with Gasteiger partial charge in [-0.15, -0.1) is 0 Å². The van der Waals surface area contributed by atoms with Crippen molar-refractivity contribution in [1.82, 2.24) is 4.90 Å².